The highest BCUT2D eigenvalue weighted by atomic mass is 32.2. The molecule has 1 atom stereocenters. The maximum atomic E-state index is 11.2. The zero-order valence-corrected chi connectivity index (χ0v) is 14.1. The summed E-state index contributed by atoms with van der Waals surface area (Å²) in [6.45, 7) is 0.796. The average Bonchev–Trinajstić information content (AvgIpc) is 2.87. The van der Waals surface area contributed by atoms with E-state index in [0.717, 1.165) is 25.8 Å². The molecule has 0 saturated heterocycles. The van der Waals surface area contributed by atoms with Crippen molar-refractivity contribution in [2.45, 2.75) is 19.3 Å². The van der Waals surface area contributed by atoms with Crippen LogP contribution in [0.4, 0.5) is 17.3 Å². The minimum Gasteiger partial charge on any atom is -0.546 e. The molecule has 0 spiro atoms. The molecule has 2 aromatic rings. The van der Waals surface area contributed by atoms with Crippen molar-refractivity contribution in [1.82, 2.24) is 8.75 Å². The van der Waals surface area contributed by atoms with Gasteiger partial charge < -0.3 is 20.1 Å². The highest BCUT2D eigenvalue weighted by Crippen LogP contribution is 2.22. The monoisotopic (exact) mass is 321 g/mol. The number of benzene rings is 1. The molecule has 1 aromatic heterocycles. The first kappa shape index (κ1) is 16.5. The van der Waals surface area contributed by atoms with Crippen LogP contribution in [0, 0.1) is 0 Å². The lowest BCUT2D eigenvalue weighted by molar-refractivity contribution is 0.585. The highest BCUT2D eigenvalue weighted by Gasteiger charge is 2.12. The fourth-order valence-corrected chi connectivity index (χ4v) is 2.88. The third kappa shape index (κ3) is 4.57. The lowest BCUT2D eigenvalue weighted by Gasteiger charge is -2.13. The Morgan fingerprint density at radius 3 is 2.68 bits per heavy atom. The van der Waals surface area contributed by atoms with E-state index in [-0.39, 0.29) is 0 Å². The minimum atomic E-state index is -1.48. The van der Waals surface area contributed by atoms with E-state index >= 15 is 0 Å². The summed E-state index contributed by atoms with van der Waals surface area (Å²) in [7, 11) is 5.85. The Morgan fingerprint density at radius 1 is 1.18 bits per heavy atom. The number of unbranched alkanes of at least 4 members (excludes halogenated alkanes) is 1. The van der Waals surface area contributed by atoms with Gasteiger partial charge in [-0.1, -0.05) is 12.1 Å². The molecular weight excluding hydrogens is 298 g/mol. The summed E-state index contributed by atoms with van der Waals surface area (Å²) in [5.74, 6) is 1.16. The van der Waals surface area contributed by atoms with Crippen LogP contribution in [0.5, 0.6) is 0 Å². The number of nitrogens with one attached hydrogen (secondary N) is 2. The maximum Gasteiger partial charge on any atom is 0.232 e. The third-order valence-corrected chi connectivity index (χ3v) is 4.09. The van der Waals surface area contributed by atoms with Crippen LogP contribution in [0.25, 0.3) is 0 Å². The van der Waals surface area contributed by atoms with E-state index in [1.54, 1.807) is 7.05 Å². The largest absolute Gasteiger partial charge is 0.546 e. The number of anilines is 3. The fraction of sp³-hybridized carbons (Fsp3) is 0.467. The summed E-state index contributed by atoms with van der Waals surface area (Å²) >= 11 is -1.48. The molecule has 0 bridgehead atoms. The summed E-state index contributed by atoms with van der Waals surface area (Å²) < 4.78 is 19.0. The number of hydrogen-bond acceptors (Lipinski definition) is 6. The molecule has 1 aromatic carbocycles. The van der Waals surface area contributed by atoms with Gasteiger partial charge in [0.15, 0.2) is 11.1 Å². The van der Waals surface area contributed by atoms with Crippen LogP contribution in [-0.4, -0.2) is 41.0 Å². The normalized spacial score (nSPS) is 11.4. The summed E-state index contributed by atoms with van der Waals surface area (Å²) in [5, 5.41) is 6.07. The third-order valence-electron chi connectivity index (χ3n) is 3.41. The Hall–Kier alpha value is -1.86. The second kappa shape index (κ2) is 7.95. The molecular formula is C15H23N5OS. The molecule has 22 heavy (non-hydrogen) atoms. The second-order valence-electron chi connectivity index (χ2n) is 5.31. The summed E-state index contributed by atoms with van der Waals surface area (Å²) in [6, 6.07) is 8.60. The molecule has 2 rings (SSSR count). The highest BCUT2D eigenvalue weighted by molar-refractivity contribution is 7.14. The smallest absolute Gasteiger partial charge is 0.232 e. The van der Waals surface area contributed by atoms with E-state index in [9.17, 15) is 4.55 Å². The quantitative estimate of drug-likeness (QED) is 0.575. The minimum absolute atomic E-state index is 0.567. The zero-order valence-electron chi connectivity index (χ0n) is 13.3. The molecule has 120 valence electrons. The van der Waals surface area contributed by atoms with Crippen molar-refractivity contribution < 1.29 is 4.55 Å². The maximum absolute atomic E-state index is 11.2. The van der Waals surface area contributed by atoms with Gasteiger partial charge in [0.05, 0.1) is 0 Å². The van der Waals surface area contributed by atoms with Crippen molar-refractivity contribution in [2.24, 2.45) is 0 Å². The Bertz CT molecular complexity index is 599. The molecule has 1 unspecified atom stereocenters. The van der Waals surface area contributed by atoms with Crippen molar-refractivity contribution in [1.29, 1.82) is 0 Å². The topological polar surface area (TPSA) is 76.1 Å². The molecule has 2 N–H and O–H groups in total. The van der Waals surface area contributed by atoms with Gasteiger partial charge in [-0.05, 0) is 37.0 Å². The molecule has 7 heteroatoms. The van der Waals surface area contributed by atoms with E-state index < -0.39 is 11.1 Å². The van der Waals surface area contributed by atoms with Crippen LogP contribution in [0.15, 0.2) is 24.3 Å². The van der Waals surface area contributed by atoms with Crippen molar-refractivity contribution in [3.8, 4) is 0 Å². The number of rotatable bonds is 8. The van der Waals surface area contributed by atoms with Gasteiger partial charge in [-0.25, -0.2) is 0 Å². The first-order chi connectivity index (χ1) is 10.6. The van der Waals surface area contributed by atoms with Crippen LogP contribution in [0.1, 0.15) is 18.4 Å². The molecule has 0 saturated carbocycles. The van der Waals surface area contributed by atoms with Gasteiger partial charge in [0.2, 0.25) is 11.6 Å². The summed E-state index contributed by atoms with van der Waals surface area (Å²) in [5.41, 5.74) is 2.58. The van der Waals surface area contributed by atoms with Crippen LogP contribution in [-0.2, 0) is 6.42 Å². The van der Waals surface area contributed by atoms with Crippen molar-refractivity contribution in [3.63, 3.8) is 0 Å². The van der Waals surface area contributed by atoms with Gasteiger partial charge in [-0.2, -0.15) is 0 Å². The Morgan fingerprint density at radius 2 is 1.95 bits per heavy atom. The van der Waals surface area contributed by atoms with Crippen molar-refractivity contribution >= 4 is 28.5 Å². The molecule has 6 nitrogen and oxygen atoms in total. The average molecular weight is 321 g/mol. The standard InChI is InChI=1S/C15H23N5OS/c1-16-14-15(19-22(21)18-14)17-10-5-4-7-12-8-6-9-13(11-12)20(2)3/h6,8-9,11H,4-5,7,10H2,1-3H3,(H,16,18)(H,17,19). The van der Waals surface area contributed by atoms with Crippen LogP contribution < -0.4 is 15.5 Å². The lowest BCUT2D eigenvalue weighted by Crippen LogP contribution is -2.08. The summed E-state index contributed by atoms with van der Waals surface area (Å²) in [4.78, 5) is 2.11. The molecule has 0 amide bonds. The van der Waals surface area contributed by atoms with Gasteiger partial charge in [-0.15, -0.1) is 0 Å². The molecule has 0 aliphatic rings. The van der Waals surface area contributed by atoms with Gasteiger partial charge in [0, 0.05) is 42.1 Å². The van der Waals surface area contributed by atoms with E-state index in [0.29, 0.717) is 11.6 Å². The molecule has 0 aliphatic carbocycles. The number of aromatic nitrogens is 2. The first-order valence-corrected chi connectivity index (χ1v) is 8.44. The molecule has 0 aliphatic heterocycles. The van der Waals surface area contributed by atoms with E-state index in [2.05, 4.69) is 62.6 Å². The van der Waals surface area contributed by atoms with Crippen LogP contribution in [0.2, 0.25) is 0 Å². The molecule has 1 heterocycles. The van der Waals surface area contributed by atoms with E-state index in [1.165, 1.54) is 11.3 Å². The Balaban J connectivity index is 1.74. The van der Waals surface area contributed by atoms with Crippen LogP contribution in [0.3, 0.4) is 0 Å². The van der Waals surface area contributed by atoms with Gasteiger partial charge in [0.25, 0.3) is 0 Å². The van der Waals surface area contributed by atoms with E-state index in [4.69, 9.17) is 0 Å². The number of aryl methyl sites for hydroxylation is 1. The van der Waals surface area contributed by atoms with Crippen molar-refractivity contribution in [3.05, 3.63) is 29.8 Å². The lowest BCUT2D eigenvalue weighted by atomic mass is 10.1. The van der Waals surface area contributed by atoms with E-state index in [1.807, 2.05) is 0 Å². The molecule has 0 fully saturated rings. The van der Waals surface area contributed by atoms with Gasteiger partial charge in [0.1, 0.15) is 0 Å². The van der Waals surface area contributed by atoms with Crippen LogP contribution >= 0.6 is 11.1 Å². The van der Waals surface area contributed by atoms with Gasteiger partial charge in [-0.3, -0.25) is 0 Å². The second-order valence-corrected chi connectivity index (χ2v) is 6.14. The van der Waals surface area contributed by atoms with Crippen molar-refractivity contribution in [2.75, 3.05) is 43.2 Å². The SMILES string of the molecule is CNc1n[s+]([O-])nc1NCCCCc1cccc(N(C)C)c1. The number of hydrogen-bond donors (Lipinski definition) is 2. The predicted octanol–water partition coefficient (Wildman–Crippen LogP) is 2.75. The zero-order chi connectivity index (χ0) is 15.9. The summed E-state index contributed by atoms with van der Waals surface area (Å²) in [6.07, 6.45) is 3.16. The number of nitrogens with zero attached hydrogens (tertiary/aromatic N) is 3. The van der Waals surface area contributed by atoms with Gasteiger partial charge >= 0.3 is 0 Å². The Kier molecular flexibility index (Phi) is 5.97. The predicted molar refractivity (Wildman–Crippen MR) is 92.4 cm³/mol. The molecule has 0 radical (unpaired) electrons. The first-order valence-electron chi connectivity index (χ1n) is 7.38. The fourth-order valence-electron chi connectivity index (χ4n) is 2.19. The Labute approximate surface area is 134 Å².